The van der Waals surface area contributed by atoms with Crippen LogP contribution >= 0.6 is 11.6 Å². The maximum absolute atomic E-state index is 6.35. The predicted molar refractivity (Wildman–Crippen MR) is 130 cm³/mol. The lowest BCUT2D eigenvalue weighted by molar-refractivity contribution is 0.230. The van der Waals surface area contributed by atoms with E-state index in [0.717, 1.165) is 35.9 Å². The number of hydrogen-bond donors (Lipinski definition) is 0. The van der Waals surface area contributed by atoms with Crippen LogP contribution in [0.5, 0.6) is 5.75 Å². The maximum Gasteiger partial charge on any atom is 0.398 e. The molecule has 0 unspecified atom stereocenters. The third kappa shape index (κ3) is 12.7. The molecule has 0 radical (unpaired) electrons. The van der Waals surface area contributed by atoms with Crippen molar-refractivity contribution in [3.8, 4) is 5.75 Å². The Bertz CT molecular complexity index is 488. The lowest BCUT2D eigenvalue weighted by Crippen LogP contribution is -2.44. The molecule has 1 rings (SSSR count). The molecule has 0 amide bonds. The van der Waals surface area contributed by atoms with Crippen LogP contribution in [-0.4, -0.2) is 15.2 Å². The molecule has 0 fully saturated rings. The van der Waals surface area contributed by atoms with Crippen molar-refractivity contribution in [2.75, 3.05) is 6.61 Å². The Balaban J connectivity index is 2.06. The van der Waals surface area contributed by atoms with Crippen molar-refractivity contribution >= 4 is 20.2 Å². The highest BCUT2D eigenvalue weighted by atomic mass is 35.5. The third-order valence-corrected chi connectivity index (χ3v) is 9.55. The van der Waals surface area contributed by atoms with E-state index in [1.807, 2.05) is 24.3 Å². The van der Waals surface area contributed by atoms with Crippen molar-refractivity contribution in [3.63, 3.8) is 0 Å². The fourth-order valence-corrected chi connectivity index (χ4v) is 6.19. The molecule has 0 aliphatic heterocycles. The first-order valence-corrected chi connectivity index (χ1v) is 14.8. The lowest BCUT2D eigenvalue weighted by atomic mass is 10.0. The average Bonchev–Trinajstić information content (AvgIpc) is 2.74. The van der Waals surface area contributed by atoms with Gasteiger partial charge in [-0.05, 0) is 42.8 Å². The van der Waals surface area contributed by atoms with Crippen LogP contribution in [0.3, 0.4) is 0 Å². The Morgan fingerprint density at radius 3 is 1.55 bits per heavy atom. The summed E-state index contributed by atoms with van der Waals surface area (Å²) >= 11 is 5.98. The highest BCUT2D eigenvalue weighted by molar-refractivity contribution is 6.68. The summed E-state index contributed by atoms with van der Waals surface area (Å²) in [6, 6.07) is 9.62. The molecular weight excluding hydrogens is 396 g/mol. The molecule has 0 bridgehead atoms. The fourth-order valence-electron chi connectivity index (χ4n) is 3.72. The molecule has 29 heavy (non-hydrogen) atoms. The van der Waals surface area contributed by atoms with Crippen LogP contribution in [0.25, 0.3) is 0 Å². The molecule has 1 aromatic rings. The normalized spacial score (nSPS) is 11.7. The van der Waals surface area contributed by atoms with E-state index in [9.17, 15) is 0 Å². The molecule has 0 spiro atoms. The molecular formula is C25H45ClO2Si. The second-order valence-electron chi connectivity index (χ2n) is 8.26. The second-order valence-corrected chi connectivity index (χ2v) is 12.4. The molecule has 0 N–H and O–H groups in total. The van der Waals surface area contributed by atoms with Crippen LogP contribution in [0.15, 0.2) is 24.3 Å². The molecule has 0 aromatic heterocycles. The summed E-state index contributed by atoms with van der Waals surface area (Å²) in [7, 11) is -2.15. The van der Waals surface area contributed by atoms with Gasteiger partial charge in [-0.2, -0.15) is 0 Å². The molecule has 0 atom stereocenters. The zero-order valence-electron chi connectivity index (χ0n) is 19.3. The molecule has 0 aliphatic carbocycles. The summed E-state index contributed by atoms with van der Waals surface area (Å²) in [6.07, 6.45) is 17.9. The minimum atomic E-state index is -2.15. The molecule has 4 heteroatoms. The van der Waals surface area contributed by atoms with Gasteiger partial charge in [-0.15, -0.1) is 0 Å². The monoisotopic (exact) mass is 440 g/mol. The summed E-state index contributed by atoms with van der Waals surface area (Å²) < 4.78 is 12.7. The summed E-state index contributed by atoms with van der Waals surface area (Å²) in [4.78, 5) is 0. The smallest absolute Gasteiger partial charge is 0.398 e. The maximum atomic E-state index is 6.35. The van der Waals surface area contributed by atoms with E-state index in [4.69, 9.17) is 20.5 Å². The first-order chi connectivity index (χ1) is 14.2. The Morgan fingerprint density at radius 2 is 1.10 bits per heavy atom. The van der Waals surface area contributed by atoms with Crippen molar-refractivity contribution < 1.29 is 8.85 Å². The van der Waals surface area contributed by atoms with Gasteiger partial charge >= 0.3 is 8.56 Å². The molecule has 168 valence electrons. The first-order valence-electron chi connectivity index (χ1n) is 12.2. The van der Waals surface area contributed by atoms with Crippen molar-refractivity contribution in [2.24, 2.45) is 0 Å². The van der Waals surface area contributed by atoms with Gasteiger partial charge in [0.05, 0.1) is 0 Å². The van der Waals surface area contributed by atoms with Crippen LogP contribution < -0.4 is 4.43 Å². The highest BCUT2D eigenvalue weighted by Crippen LogP contribution is 2.25. The highest BCUT2D eigenvalue weighted by Gasteiger charge is 2.35. The van der Waals surface area contributed by atoms with Crippen LogP contribution in [0.4, 0.5) is 0 Å². The quantitative estimate of drug-likeness (QED) is 0.157. The van der Waals surface area contributed by atoms with E-state index in [2.05, 4.69) is 20.8 Å². The van der Waals surface area contributed by atoms with Gasteiger partial charge in [0.15, 0.2) is 0 Å². The van der Waals surface area contributed by atoms with Crippen LogP contribution in [-0.2, 0) is 4.43 Å². The number of hydrogen-bond acceptors (Lipinski definition) is 2. The molecule has 0 saturated carbocycles. The zero-order chi connectivity index (χ0) is 21.2. The van der Waals surface area contributed by atoms with E-state index >= 15 is 0 Å². The summed E-state index contributed by atoms with van der Waals surface area (Å²) in [5.74, 6) is 0.884. The number of rotatable bonds is 19. The van der Waals surface area contributed by atoms with Gasteiger partial charge in [-0.25, -0.2) is 0 Å². The van der Waals surface area contributed by atoms with Crippen molar-refractivity contribution in [3.05, 3.63) is 29.3 Å². The molecule has 0 aliphatic rings. The van der Waals surface area contributed by atoms with Gasteiger partial charge in [0.2, 0.25) is 0 Å². The van der Waals surface area contributed by atoms with Crippen LogP contribution in [0.1, 0.15) is 104 Å². The molecule has 2 nitrogen and oxygen atoms in total. The third-order valence-electron chi connectivity index (χ3n) is 5.81. The van der Waals surface area contributed by atoms with Crippen molar-refractivity contribution in [2.45, 2.75) is 116 Å². The Morgan fingerprint density at radius 1 is 0.655 bits per heavy atom. The fraction of sp³-hybridized carbons (Fsp3) is 0.760. The van der Waals surface area contributed by atoms with E-state index < -0.39 is 8.56 Å². The van der Waals surface area contributed by atoms with Crippen molar-refractivity contribution in [1.82, 2.24) is 0 Å². The minimum Gasteiger partial charge on any atom is -0.520 e. The Labute approximate surface area is 187 Å². The number of halogens is 1. The lowest BCUT2D eigenvalue weighted by Gasteiger charge is -2.29. The van der Waals surface area contributed by atoms with E-state index in [0.29, 0.717) is 0 Å². The van der Waals surface area contributed by atoms with Gasteiger partial charge in [0.1, 0.15) is 5.75 Å². The van der Waals surface area contributed by atoms with Crippen LogP contribution in [0.2, 0.25) is 17.1 Å². The topological polar surface area (TPSA) is 18.5 Å². The van der Waals surface area contributed by atoms with Gasteiger partial charge < -0.3 is 8.85 Å². The molecule has 0 heterocycles. The number of unbranched alkanes of at least 4 members (excludes halogenated alkanes) is 12. The second kappa shape index (κ2) is 17.2. The summed E-state index contributed by atoms with van der Waals surface area (Å²) in [6.45, 7) is 7.50. The van der Waals surface area contributed by atoms with Crippen LogP contribution in [0, 0.1) is 0 Å². The Hall–Kier alpha value is -0.513. The number of benzene rings is 1. The minimum absolute atomic E-state index is 0.741. The zero-order valence-corrected chi connectivity index (χ0v) is 21.1. The summed E-state index contributed by atoms with van der Waals surface area (Å²) in [5, 5.41) is 0.741. The van der Waals surface area contributed by atoms with Gasteiger partial charge in [0.25, 0.3) is 0 Å². The van der Waals surface area contributed by atoms with Crippen molar-refractivity contribution in [1.29, 1.82) is 0 Å². The van der Waals surface area contributed by atoms with Gasteiger partial charge in [-0.3, -0.25) is 0 Å². The first kappa shape index (κ1) is 26.5. The SMILES string of the molecule is CCCCCCCCCCCCCCCO[Si](CC)(CC)Oc1ccc(Cl)cc1. The molecule has 1 aromatic carbocycles. The Kier molecular flexibility index (Phi) is 15.7. The largest absolute Gasteiger partial charge is 0.520 e. The molecule has 0 saturated heterocycles. The standard InChI is InChI=1S/C25H45ClO2Si/c1-4-7-8-9-10-11-12-13-14-15-16-17-18-23-27-29(5-2,6-3)28-25-21-19-24(26)20-22-25/h19-22H,4-18,23H2,1-3H3. The average molecular weight is 441 g/mol. The van der Waals surface area contributed by atoms with E-state index in [1.165, 1.54) is 77.0 Å². The summed E-state index contributed by atoms with van der Waals surface area (Å²) in [5.41, 5.74) is 0. The predicted octanol–water partition coefficient (Wildman–Crippen LogP) is 9.31. The van der Waals surface area contributed by atoms with Gasteiger partial charge in [0, 0.05) is 11.6 Å². The van der Waals surface area contributed by atoms with Gasteiger partial charge in [-0.1, -0.05) is 109 Å². The van der Waals surface area contributed by atoms with E-state index in [-0.39, 0.29) is 0 Å². The van der Waals surface area contributed by atoms with E-state index in [1.54, 1.807) is 0 Å².